The van der Waals surface area contributed by atoms with Crippen molar-refractivity contribution in [3.63, 3.8) is 0 Å². The maximum absolute atomic E-state index is 7.26. The van der Waals surface area contributed by atoms with Gasteiger partial charge in [-0.2, -0.15) is 24.0 Å². The van der Waals surface area contributed by atoms with E-state index in [0.29, 0.717) is 0 Å². The van der Waals surface area contributed by atoms with Crippen LogP contribution in [0.5, 0.6) is 0 Å². The van der Waals surface area contributed by atoms with Crippen LogP contribution >= 0.6 is 13.5 Å². The van der Waals surface area contributed by atoms with E-state index in [1.165, 1.54) is 12.1 Å². The predicted molar refractivity (Wildman–Crippen MR) is 21.6 cm³/mol. The molecule has 0 rings (SSSR count). The second kappa shape index (κ2) is 21.0. The molecule has 0 amide bonds. The molecule has 0 aromatic rings. The minimum absolute atomic E-state index is 0. The number of hydrogen-bond acceptors (Lipinski definition) is 2. The third kappa shape index (κ3) is 43.3. The molecular weight excluding hydrogens is 140 g/mol. The molecular formula is C2H2FeN2S. The van der Waals surface area contributed by atoms with Gasteiger partial charge in [-0.3, -0.25) is 0 Å². The van der Waals surface area contributed by atoms with Crippen molar-refractivity contribution < 1.29 is 17.1 Å². The molecule has 0 aliphatic heterocycles. The Labute approximate surface area is 53.7 Å². The molecule has 0 spiro atoms. The van der Waals surface area contributed by atoms with E-state index in [-0.39, 0.29) is 30.6 Å². The molecule has 0 aliphatic rings. The topological polar surface area (TPSA) is 47.6 Å². The zero-order chi connectivity index (χ0) is 3.41. The van der Waals surface area contributed by atoms with Gasteiger partial charge in [-0.1, -0.05) is 0 Å². The summed E-state index contributed by atoms with van der Waals surface area (Å²) in [5.41, 5.74) is 0. The van der Waals surface area contributed by atoms with E-state index >= 15 is 0 Å². The molecule has 4 heteroatoms. The largest absolute Gasteiger partial charge is 0.197 e. The minimum atomic E-state index is 0. The van der Waals surface area contributed by atoms with Gasteiger partial charge >= 0.3 is 0 Å². The molecule has 0 fully saturated rings. The fourth-order valence-electron chi connectivity index (χ4n) is 0. The van der Waals surface area contributed by atoms with Crippen LogP contribution < -0.4 is 0 Å². The van der Waals surface area contributed by atoms with Gasteiger partial charge in [-0.05, 0) is 0 Å². The van der Waals surface area contributed by atoms with Crippen molar-refractivity contribution in [1.29, 1.82) is 10.5 Å². The van der Waals surface area contributed by atoms with Crippen molar-refractivity contribution >= 4 is 13.5 Å². The average molecular weight is 142 g/mol. The number of nitriles is 2. The summed E-state index contributed by atoms with van der Waals surface area (Å²) in [4.78, 5) is 0. The Balaban J connectivity index is -0.0000000450. The van der Waals surface area contributed by atoms with Gasteiger partial charge in [-0.15, -0.1) is 0 Å². The molecule has 0 aromatic heterocycles. The third-order valence-electron chi connectivity index (χ3n) is 0.0500. The summed E-state index contributed by atoms with van der Waals surface area (Å²) in [5, 5.41) is 14.5. The van der Waals surface area contributed by atoms with E-state index in [9.17, 15) is 0 Å². The minimum Gasteiger partial charge on any atom is -0.197 e. The first-order valence-electron chi connectivity index (χ1n) is 0.697. The molecule has 0 aromatic carbocycles. The van der Waals surface area contributed by atoms with Crippen molar-refractivity contribution in [1.82, 2.24) is 0 Å². The SMILES string of the molecule is N#CC#N.S.[Fe]. The van der Waals surface area contributed by atoms with Crippen LogP contribution in [0.1, 0.15) is 0 Å². The third-order valence-corrected chi connectivity index (χ3v) is 0.0500. The fraction of sp³-hybridized carbons (Fsp3) is 0. The summed E-state index contributed by atoms with van der Waals surface area (Å²) in [7, 11) is 0. The molecule has 0 N–H and O–H groups in total. The van der Waals surface area contributed by atoms with Crippen LogP contribution in [0.4, 0.5) is 0 Å². The van der Waals surface area contributed by atoms with E-state index in [2.05, 4.69) is 0 Å². The number of rotatable bonds is 0. The molecule has 0 atom stereocenters. The zero-order valence-electron chi connectivity index (χ0n) is 2.75. The first kappa shape index (κ1) is 16.9. The van der Waals surface area contributed by atoms with Crippen LogP contribution in [0, 0.1) is 22.7 Å². The molecule has 0 saturated carbocycles. The Kier molecular flexibility index (Phi) is 59.3. The van der Waals surface area contributed by atoms with Crippen LogP contribution in [0.15, 0.2) is 0 Å². The molecule has 0 heterocycles. The molecule has 0 saturated heterocycles. The summed E-state index contributed by atoms with van der Waals surface area (Å²) >= 11 is 0. The van der Waals surface area contributed by atoms with Crippen LogP contribution in [0.25, 0.3) is 0 Å². The Morgan fingerprint density at radius 1 is 1.00 bits per heavy atom. The van der Waals surface area contributed by atoms with Crippen molar-refractivity contribution in [2.45, 2.75) is 0 Å². The second-order valence-electron chi connectivity index (χ2n) is 0.224. The van der Waals surface area contributed by atoms with E-state index < -0.39 is 0 Å². The first-order valence-corrected chi connectivity index (χ1v) is 0.697. The Bertz CT molecular complexity index is 66.5. The van der Waals surface area contributed by atoms with E-state index in [1.807, 2.05) is 0 Å². The number of nitrogens with zero attached hydrogens (tertiary/aromatic N) is 2. The molecule has 0 bridgehead atoms. The first-order chi connectivity index (χ1) is 1.91. The zero-order valence-corrected chi connectivity index (χ0v) is 4.85. The molecule has 0 aliphatic carbocycles. The van der Waals surface area contributed by atoms with Crippen molar-refractivity contribution in [3.05, 3.63) is 0 Å². The van der Waals surface area contributed by atoms with Crippen LogP contribution in [-0.4, -0.2) is 0 Å². The molecule has 0 unspecified atom stereocenters. The van der Waals surface area contributed by atoms with E-state index in [4.69, 9.17) is 10.5 Å². The van der Waals surface area contributed by atoms with E-state index in [1.54, 1.807) is 0 Å². The molecule has 34 valence electrons. The number of hydrogen-bond donors (Lipinski definition) is 0. The Morgan fingerprint density at radius 3 is 1.17 bits per heavy atom. The van der Waals surface area contributed by atoms with Gasteiger partial charge in [0.1, 0.15) is 0 Å². The Morgan fingerprint density at radius 2 is 1.17 bits per heavy atom. The van der Waals surface area contributed by atoms with Crippen LogP contribution in [-0.2, 0) is 17.1 Å². The van der Waals surface area contributed by atoms with Gasteiger partial charge in [0.25, 0.3) is 0 Å². The fourth-order valence-corrected chi connectivity index (χ4v) is 0. The quantitative estimate of drug-likeness (QED) is 0.451. The van der Waals surface area contributed by atoms with Gasteiger partial charge < -0.3 is 0 Å². The standard InChI is InChI=1S/C2N2.Fe.H2S/c3-1-2-4;;/h;;1H2. The normalized spacial score (nSPS) is 1.67. The average Bonchev–Trinajstić information content (AvgIpc) is 1.37. The van der Waals surface area contributed by atoms with Gasteiger partial charge in [0.05, 0.1) is 0 Å². The smallest absolute Gasteiger partial charge is 0.181 e. The van der Waals surface area contributed by atoms with Crippen molar-refractivity contribution in [3.8, 4) is 12.1 Å². The molecule has 6 heavy (non-hydrogen) atoms. The van der Waals surface area contributed by atoms with Crippen LogP contribution in [0.2, 0.25) is 0 Å². The van der Waals surface area contributed by atoms with E-state index in [0.717, 1.165) is 0 Å². The summed E-state index contributed by atoms with van der Waals surface area (Å²) in [6.45, 7) is 0. The van der Waals surface area contributed by atoms with Gasteiger partial charge in [0.2, 0.25) is 0 Å². The summed E-state index contributed by atoms with van der Waals surface area (Å²) in [5.74, 6) is 0. The van der Waals surface area contributed by atoms with Gasteiger partial charge in [-0.25, -0.2) is 0 Å². The Hall–Kier alpha value is -0.151. The van der Waals surface area contributed by atoms with Crippen molar-refractivity contribution in [2.24, 2.45) is 0 Å². The van der Waals surface area contributed by atoms with Gasteiger partial charge in [0, 0.05) is 17.1 Å². The maximum atomic E-state index is 7.26. The summed E-state index contributed by atoms with van der Waals surface area (Å²) < 4.78 is 0. The van der Waals surface area contributed by atoms with Crippen LogP contribution in [0.3, 0.4) is 0 Å². The predicted octanol–water partition coefficient (Wildman–Crippen LogP) is 0.144. The molecule has 2 nitrogen and oxygen atoms in total. The maximum Gasteiger partial charge on any atom is 0.181 e. The monoisotopic (exact) mass is 142 g/mol. The molecule has 0 radical (unpaired) electrons. The van der Waals surface area contributed by atoms with Crippen molar-refractivity contribution in [2.75, 3.05) is 0 Å². The summed E-state index contributed by atoms with van der Waals surface area (Å²) in [6.07, 6.45) is 0. The summed E-state index contributed by atoms with van der Waals surface area (Å²) in [6, 6.07) is 2.47. The second-order valence-corrected chi connectivity index (χ2v) is 0.224. The van der Waals surface area contributed by atoms with Gasteiger partial charge in [0.15, 0.2) is 12.1 Å².